The Bertz CT molecular complexity index is 437. The molecule has 0 radical (unpaired) electrons. The summed E-state index contributed by atoms with van der Waals surface area (Å²) in [5.41, 5.74) is 7.05. The molecule has 0 saturated heterocycles. The van der Waals surface area contributed by atoms with E-state index < -0.39 is 9.84 Å². The minimum absolute atomic E-state index is 0.0291. The van der Waals surface area contributed by atoms with E-state index in [1.807, 2.05) is 0 Å². The van der Waals surface area contributed by atoms with Crippen LogP contribution >= 0.6 is 0 Å². The Balaban J connectivity index is 2.96. The Labute approximate surface area is 97.6 Å². The van der Waals surface area contributed by atoms with Crippen LogP contribution < -0.4 is 5.73 Å². The molecule has 0 spiro atoms. The number of sulfone groups is 1. The summed E-state index contributed by atoms with van der Waals surface area (Å²) in [6.07, 6.45) is 2.21. The molecule has 1 rings (SSSR count). The van der Waals surface area contributed by atoms with Crippen LogP contribution in [0.3, 0.4) is 0 Å². The van der Waals surface area contributed by atoms with E-state index in [4.69, 9.17) is 5.73 Å². The van der Waals surface area contributed by atoms with Crippen molar-refractivity contribution in [1.82, 2.24) is 0 Å². The Morgan fingerprint density at radius 2 is 1.75 bits per heavy atom. The van der Waals surface area contributed by atoms with Gasteiger partial charge in [-0.15, -0.1) is 0 Å². The zero-order valence-corrected chi connectivity index (χ0v) is 10.8. The SMILES string of the molecule is CCC(C)[C@H](N)c1ccc(S(C)(=O)=O)cc1. The topological polar surface area (TPSA) is 60.2 Å². The summed E-state index contributed by atoms with van der Waals surface area (Å²) in [4.78, 5) is 0.340. The molecular formula is C12H19NO2S. The summed E-state index contributed by atoms with van der Waals surface area (Å²) in [5.74, 6) is 0.393. The highest BCUT2D eigenvalue weighted by molar-refractivity contribution is 7.90. The lowest BCUT2D eigenvalue weighted by Gasteiger charge is -2.18. The number of hydrogen-bond donors (Lipinski definition) is 1. The molecule has 2 N–H and O–H groups in total. The first-order chi connectivity index (χ1) is 7.36. The molecule has 1 unspecified atom stereocenters. The quantitative estimate of drug-likeness (QED) is 0.878. The fourth-order valence-electron chi connectivity index (χ4n) is 1.52. The van der Waals surface area contributed by atoms with E-state index in [9.17, 15) is 8.42 Å². The van der Waals surface area contributed by atoms with Gasteiger partial charge in [0.1, 0.15) is 0 Å². The van der Waals surface area contributed by atoms with Crippen LogP contribution in [0.5, 0.6) is 0 Å². The average Bonchev–Trinajstić information content (AvgIpc) is 2.26. The second kappa shape index (κ2) is 4.97. The molecule has 4 heteroatoms. The van der Waals surface area contributed by atoms with Crippen LogP contribution in [-0.2, 0) is 9.84 Å². The third-order valence-electron chi connectivity index (χ3n) is 2.95. The van der Waals surface area contributed by atoms with Gasteiger partial charge in [0, 0.05) is 12.3 Å². The van der Waals surface area contributed by atoms with Crippen LogP contribution in [0.15, 0.2) is 29.2 Å². The molecule has 0 aliphatic carbocycles. The fraction of sp³-hybridized carbons (Fsp3) is 0.500. The second-order valence-electron chi connectivity index (χ2n) is 4.25. The van der Waals surface area contributed by atoms with Gasteiger partial charge in [0.05, 0.1) is 4.90 Å². The van der Waals surface area contributed by atoms with Crippen molar-refractivity contribution in [2.45, 2.75) is 31.2 Å². The van der Waals surface area contributed by atoms with E-state index in [1.165, 1.54) is 6.26 Å². The van der Waals surface area contributed by atoms with Gasteiger partial charge in [0.2, 0.25) is 0 Å². The van der Waals surface area contributed by atoms with Crippen LogP contribution in [0, 0.1) is 5.92 Å². The molecule has 0 aromatic heterocycles. The molecular weight excluding hydrogens is 222 g/mol. The van der Waals surface area contributed by atoms with E-state index in [-0.39, 0.29) is 6.04 Å². The van der Waals surface area contributed by atoms with Crippen molar-refractivity contribution >= 4 is 9.84 Å². The molecule has 2 atom stereocenters. The minimum Gasteiger partial charge on any atom is -0.324 e. The monoisotopic (exact) mass is 241 g/mol. The van der Waals surface area contributed by atoms with Gasteiger partial charge in [-0.25, -0.2) is 8.42 Å². The molecule has 0 aliphatic heterocycles. The molecule has 1 aromatic rings. The summed E-state index contributed by atoms with van der Waals surface area (Å²) in [7, 11) is -3.11. The summed E-state index contributed by atoms with van der Waals surface area (Å²) in [5, 5.41) is 0. The van der Waals surface area contributed by atoms with Gasteiger partial charge >= 0.3 is 0 Å². The maximum Gasteiger partial charge on any atom is 0.175 e. The highest BCUT2D eigenvalue weighted by atomic mass is 32.2. The molecule has 0 bridgehead atoms. The van der Waals surface area contributed by atoms with Gasteiger partial charge in [0.15, 0.2) is 9.84 Å². The fourth-order valence-corrected chi connectivity index (χ4v) is 2.15. The zero-order chi connectivity index (χ0) is 12.3. The van der Waals surface area contributed by atoms with Crippen molar-refractivity contribution in [1.29, 1.82) is 0 Å². The molecule has 0 amide bonds. The van der Waals surface area contributed by atoms with Gasteiger partial charge in [-0.3, -0.25) is 0 Å². The van der Waals surface area contributed by atoms with Crippen molar-refractivity contribution in [3.05, 3.63) is 29.8 Å². The Kier molecular flexibility index (Phi) is 4.10. The standard InChI is InChI=1S/C12H19NO2S/c1-4-9(2)12(13)10-5-7-11(8-6-10)16(3,14)15/h5-9,12H,4,13H2,1-3H3/t9?,12-/m0/s1. The highest BCUT2D eigenvalue weighted by Gasteiger charge is 2.14. The predicted molar refractivity (Wildman–Crippen MR) is 65.9 cm³/mol. The first-order valence-electron chi connectivity index (χ1n) is 5.42. The molecule has 0 fully saturated rings. The predicted octanol–water partition coefficient (Wildman–Crippen LogP) is 2.14. The van der Waals surface area contributed by atoms with Gasteiger partial charge < -0.3 is 5.73 Å². The lowest BCUT2D eigenvalue weighted by molar-refractivity contribution is 0.456. The van der Waals surface area contributed by atoms with Crippen molar-refractivity contribution in [3.63, 3.8) is 0 Å². The number of benzene rings is 1. The summed E-state index contributed by atoms with van der Waals surface area (Å²) >= 11 is 0. The van der Waals surface area contributed by atoms with Crippen molar-refractivity contribution in [2.24, 2.45) is 11.7 Å². The first-order valence-corrected chi connectivity index (χ1v) is 7.31. The molecule has 0 aliphatic rings. The van der Waals surface area contributed by atoms with Gasteiger partial charge in [-0.1, -0.05) is 32.4 Å². The number of nitrogens with two attached hydrogens (primary N) is 1. The minimum atomic E-state index is -3.11. The van der Waals surface area contributed by atoms with Crippen LogP contribution in [0.1, 0.15) is 31.9 Å². The lowest BCUT2D eigenvalue weighted by Crippen LogP contribution is -2.18. The average molecular weight is 241 g/mol. The molecule has 16 heavy (non-hydrogen) atoms. The van der Waals surface area contributed by atoms with Gasteiger partial charge in [-0.05, 0) is 23.6 Å². The zero-order valence-electron chi connectivity index (χ0n) is 9.97. The van der Waals surface area contributed by atoms with E-state index in [0.29, 0.717) is 10.8 Å². The van der Waals surface area contributed by atoms with Crippen LogP contribution in [-0.4, -0.2) is 14.7 Å². The van der Waals surface area contributed by atoms with Crippen LogP contribution in [0.2, 0.25) is 0 Å². The summed E-state index contributed by atoms with van der Waals surface area (Å²) < 4.78 is 22.5. The smallest absolute Gasteiger partial charge is 0.175 e. The summed E-state index contributed by atoms with van der Waals surface area (Å²) in [6, 6.07) is 6.80. The normalized spacial score (nSPS) is 15.8. The number of hydrogen-bond acceptors (Lipinski definition) is 3. The van der Waals surface area contributed by atoms with Crippen molar-refractivity contribution in [3.8, 4) is 0 Å². The highest BCUT2D eigenvalue weighted by Crippen LogP contribution is 2.22. The van der Waals surface area contributed by atoms with E-state index >= 15 is 0 Å². The van der Waals surface area contributed by atoms with Gasteiger partial charge in [-0.2, -0.15) is 0 Å². The number of rotatable bonds is 4. The third-order valence-corrected chi connectivity index (χ3v) is 4.08. The van der Waals surface area contributed by atoms with Crippen LogP contribution in [0.25, 0.3) is 0 Å². The molecule has 1 aromatic carbocycles. The molecule has 0 heterocycles. The Morgan fingerprint density at radius 3 is 2.12 bits per heavy atom. The van der Waals surface area contributed by atoms with Crippen molar-refractivity contribution in [2.75, 3.05) is 6.26 Å². The largest absolute Gasteiger partial charge is 0.324 e. The molecule has 90 valence electrons. The second-order valence-corrected chi connectivity index (χ2v) is 6.27. The summed E-state index contributed by atoms with van der Waals surface area (Å²) in [6.45, 7) is 4.19. The van der Waals surface area contributed by atoms with E-state index in [0.717, 1.165) is 12.0 Å². The Hall–Kier alpha value is -0.870. The maximum absolute atomic E-state index is 11.3. The molecule has 0 saturated carbocycles. The Morgan fingerprint density at radius 1 is 1.25 bits per heavy atom. The lowest BCUT2D eigenvalue weighted by atomic mass is 9.93. The van der Waals surface area contributed by atoms with Gasteiger partial charge in [0.25, 0.3) is 0 Å². The van der Waals surface area contributed by atoms with E-state index in [2.05, 4.69) is 13.8 Å². The molecule has 3 nitrogen and oxygen atoms in total. The maximum atomic E-state index is 11.3. The van der Waals surface area contributed by atoms with Crippen molar-refractivity contribution < 1.29 is 8.42 Å². The van der Waals surface area contributed by atoms with E-state index in [1.54, 1.807) is 24.3 Å². The van der Waals surface area contributed by atoms with Crippen LogP contribution in [0.4, 0.5) is 0 Å². The first kappa shape index (κ1) is 13.2. The third kappa shape index (κ3) is 3.06.